The number of carboxylic acids is 1. The smallest absolute Gasteiger partial charge is 0.303 e. The number of carbonyl (C=O) groups is 1. The number of nitrogens with zero attached hydrogens (tertiary/aromatic N) is 1. The van der Waals surface area contributed by atoms with Gasteiger partial charge in [-0.05, 0) is 33.9 Å². The van der Waals surface area contributed by atoms with Gasteiger partial charge in [0.15, 0.2) is 0 Å². The molecular formula is C9H19F2NO2. The first kappa shape index (κ1) is 15.7. The van der Waals surface area contributed by atoms with Crippen LogP contribution in [0.4, 0.5) is 8.78 Å². The summed E-state index contributed by atoms with van der Waals surface area (Å²) in [6.07, 6.45) is 1.01. The van der Waals surface area contributed by atoms with Gasteiger partial charge < -0.3 is 10.0 Å². The molecule has 0 aromatic heterocycles. The van der Waals surface area contributed by atoms with Gasteiger partial charge in [0.2, 0.25) is 6.93 Å². The lowest BCUT2D eigenvalue weighted by atomic mass is 10.2. The Morgan fingerprint density at radius 1 is 1.43 bits per heavy atom. The molecule has 0 radical (unpaired) electrons. The van der Waals surface area contributed by atoms with E-state index in [0.29, 0.717) is 6.04 Å². The molecule has 0 aliphatic heterocycles. The van der Waals surface area contributed by atoms with E-state index in [2.05, 4.69) is 18.7 Å². The molecule has 3 nitrogen and oxygen atoms in total. The average molecular weight is 211 g/mol. The van der Waals surface area contributed by atoms with Crippen molar-refractivity contribution in [3.05, 3.63) is 0 Å². The number of halogens is 2. The number of hydrogen-bond donors (Lipinski definition) is 1. The number of aliphatic carboxylic acids is 1. The van der Waals surface area contributed by atoms with Crippen LogP contribution in [-0.2, 0) is 4.79 Å². The molecule has 0 fully saturated rings. The molecule has 1 N–H and O–H groups in total. The highest BCUT2D eigenvalue weighted by atomic mass is 19.3. The molecule has 0 amide bonds. The van der Waals surface area contributed by atoms with Crippen LogP contribution in [0.15, 0.2) is 0 Å². The van der Waals surface area contributed by atoms with E-state index < -0.39 is 12.9 Å². The lowest BCUT2D eigenvalue weighted by molar-refractivity contribution is -0.137. The lowest BCUT2D eigenvalue weighted by Crippen LogP contribution is -2.27. The fourth-order valence-electron chi connectivity index (χ4n) is 0.738. The Morgan fingerprint density at radius 3 is 2.14 bits per heavy atom. The van der Waals surface area contributed by atoms with Crippen molar-refractivity contribution >= 4 is 5.97 Å². The normalized spacial score (nSPS) is 9.93. The Labute approximate surface area is 83.7 Å². The molecular weight excluding hydrogens is 192 g/mol. The maximum atomic E-state index is 10.1. The van der Waals surface area contributed by atoms with Gasteiger partial charge in [-0.3, -0.25) is 4.79 Å². The van der Waals surface area contributed by atoms with Gasteiger partial charge in [-0.15, -0.1) is 0 Å². The van der Waals surface area contributed by atoms with Crippen LogP contribution in [0.2, 0.25) is 0 Å². The molecule has 0 rings (SSSR count). The highest BCUT2D eigenvalue weighted by Gasteiger charge is 2.03. The third-order valence-corrected chi connectivity index (χ3v) is 1.78. The van der Waals surface area contributed by atoms with E-state index in [4.69, 9.17) is 5.11 Å². The Morgan fingerprint density at radius 2 is 1.86 bits per heavy atom. The predicted molar refractivity (Wildman–Crippen MR) is 51.7 cm³/mol. The minimum absolute atomic E-state index is 0.275. The first-order chi connectivity index (χ1) is 6.45. The van der Waals surface area contributed by atoms with Crippen molar-refractivity contribution in [2.45, 2.75) is 32.7 Å². The SMILES string of the molecule is CC(C)N(C)CCCC(=O)O.FCF. The molecule has 0 aliphatic rings. The summed E-state index contributed by atoms with van der Waals surface area (Å²) in [5, 5.41) is 8.35. The standard InChI is InChI=1S/C8H17NO2.CH2F2/c1-7(2)9(3)6-4-5-8(10)11;2-1-3/h7H,4-6H2,1-3H3,(H,10,11);1H2. The first-order valence-electron chi connectivity index (χ1n) is 4.49. The van der Waals surface area contributed by atoms with E-state index >= 15 is 0 Å². The van der Waals surface area contributed by atoms with Gasteiger partial charge in [0.05, 0.1) is 0 Å². The molecule has 0 saturated carbocycles. The van der Waals surface area contributed by atoms with Crippen molar-refractivity contribution in [3.63, 3.8) is 0 Å². The van der Waals surface area contributed by atoms with Crippen LogP contribution in [0.25, 0.3) is 0 Å². The second-order valence-electron chi connectivity index (χ2n) is 3.17. The quantitative estimate of drug-likeness (QED) is 0.756. The average Bonchev–Trinajstić information content (AvgIpc) is 2.04. The van der Waals surface area contributed by atoms with Gasteiger partial charge >= 0.3 is 5.97 Å². The van der Waals surface area contributed by atoms with Crippen molar-refractivity contribution in [3.8, 4) is 0 Å². The lowest BCUT2D eigenvalue weighted by Gasteiger charge is -2.19. The van der Waals surface area contributed by atoms with E-state index in [9.17, 15) is 13.6 Å². The number of rotatable bonds is 5. The third-order valence-electron chi connectivity index (χ3n) is 1.78. The monoisotopic (exact) mass is 211 g/mol. The zero-order valence-corrected chi connectivity index (χ0v) is 8.96. The van der Waals surface area contributed by atoms with E-state index in [1.807, 2.05) is 7.05 Å². The van der Waals surface area contributed by atoms with Gasteiger partial charge in [0, 0.05) is 12.5 Å². The van der Waals surface area contributed by atoms with E-state index in [0.717, 1.165) is 13.0 Å². The largest absolute Gasteiger partial charge is 0.481 e. The first-order valence-corrected chi connectivity index (χ1v) is 4.49. The van der Waals surface area contributed by atoms with Crippen LogP contribution < -0.4 is 0 Å². The molecule has 0 bridgehead atoms. The molecule has 0 heterocycles. The number of carboxylic acid groups (broad SMARTS) is 1. The summed E-state index contributed by atoms with van der Waals surface area (Å²) >= 11 is 0. The van der Waals surface area contributed by atoms with Gasteiger partial charge in [-0.1, -0.05) is 0 Å². The number of hydrogen-bond acceptors (Lipinski definition) is 2. The van der Waals surface area contributed by atoms with Gasteiger partial charge in [0.25, 0.3) is 0 Å². The topological polar surface area (TPSA) is 40.5 Å². The van der Waals surface area contributed by atoms with E-state index in [-0.39, 0.29) is 6.42 Å². The van der Waals surface area contributed by atoms with Gasteiger partial charge in [0.1, 0.15) is 0 Å². The van der Waals surface area contributed by atoms with Crippen molar-refractivity contribution in [1.29, 1.82) is 0 Å². The molecule has 86 valence electrons. The summed E-state index contributed by atoms with van der Waals surface area (Å²) < 4.78 is 19.2. The fourth-order valence-corrected chi connectivity index (χ4v) is 0.738. The summed E-state index contributed by atoms with van der Waals surface area (Å²) in [4.78, 5) is 12.3. The van der Waals surface area contributed by atoms with Gasteiger partial charge in [-0.2, -0.15) is 0 Å². The summed E-state index contributed by atoms with van der Waals surface area (Å²) in [7, 11) is 2.01. The predicted octanol–water partition coefficient (Wildman–Crippen LogP) is 2.07. The molecule has 0 unspecified atom stereocenters. The van der Waals surface area contributed by atoms with Crippen molar-refractivity contribution in [2.75, 3.05) is 20.5 Å². The molecule has 0 atom stereocenters. The van der Waals surface area contributed by atoms with Crippen LogP contribution in [0.1, 0.15) is 26.7 Å². The molecule has 0 saturated heterocycles. The second kappa shape index (κ2) is 10.4. The minimum Gasteiger partial charge on any atom is -0.481 e. The highest BCUT2D eigenvalue weighted by Crippen LogP contribution is 1.97. The van der Waals surface area contributed by atoms with Crippen molar-refractivity contribution in [1.82, 2.24) is 4.90 Å². The third kappa shape index (κ3) is 13.9. The Kier molecular flexibility index (Phi) is 11.7. The zero-order chi connectivity index (χ0) is 11.6. The van der Waals surface area contributed by atoms with Crippen molar-refractivity contribution in [2.24, 2.45) is 0 Å². The summed E-state index contributed by atoms with van der Waals surface area (Å²) in [5.41, 5.74) is 0. The van der Waals surface area contributed by atoms with Crippen LogP contribution in [0.3, 0.4) is 0 Å². The Balaban J connectivity index is 0. The second-order valence-corrected chi connectivity index (χ2v) is 3.17. The summed E-state index contributed by atoms with van der Waals surface area (Å²) in [6, 6.07) is 0.504. The van der Waals surface area contributed by atoms with E-state index in [1.54, 1.807) is 0 Å². The highest BCUT2D eigenvalue weighted by molar-refractivity contribution is 5.66. The van der Waals surface area contributed by atoms with E-state index in [1.165, 1.54) is 0 Å². The zero-order valence-electron chi connectivity index (χ0n) is 8.96. The summed E-state index contributed by atoms with van der Waals surface area (Å²) in [5.74, 6) is -0.706. The van der Waals surface area contributed by atoms with Gasteiger partial charge in [-0.25, -0.2) is 8.78 Å². The maximum Gasteiger partial charge on any atom is 0.303 e. The fraction of sp³-hybridized carbons (Fsp3) is 0.889. The summed E-state index contributed by atoms with van der Waals surface area (Å²) in [6.45, 7) is 3.31. The number of alkyl halides is 2. The Hall–Kier alpha value is -0.710. The van der Waals surface area contributed by atoms with Crippen LogP contribution in [-0.4, -0.2) is 42.5 Å². The van der Waals surface area contributed by atoms with Crippen LogP contribution >= 0.6 is 0 Å². The van der Waals surface area contributed by atoms with Crippen molar-refractivity contribution < 1.29 is 18.7 Å². The van der Waals surface area contributed by atoms with Crippen LogP contribution in [0.5, 0.6) is 0 Å². The molecule has 5 heteroatoms. The molecule has 0 aliphatic carbocycles. The molecule has 14 heavy (non-hydrogen) atoms. The minimum atomic E-state index is -1.75. The molecule has 0 aromatic carbocycles. The molecule has 0 aromatic rings. The molecule has 0 spiro atoms. The van der Waals surface area contributed by atoms with Crippen LogP contribution in [0, 0.1) is 0 Å². The Bertz CT molecular complexity index is 143. The maximum absolute atomic E-state index is 10.1.